The number of allylic oxidation sites excluding steroid dienone is 3. The summed E-state index contributed by atoms with van der Waals surface area (Å²) in [6.07, 6.45) is 0.894. The normalized spacial score (nSPS) is 19.1. The fourth-order valence-electron chi connectivity index (χ4n) is 3.14. The number of aliphatic hydroxyl groups is 1. The average Bonchev–Trinajstić information content (AvgIpc) is 2.58. The third kappa shape index (κ3) is 3.90. The van der Waals surface area contributed by atoms with Gasteiger partial charge in [-0.1, -0.05) is 43.8 Å². The molecule has 1 atom stereocenters. The van der Waals surface area contributed by atoms with E-state index in [2.05, 4.69) is 19.1 Å². The molecule has 3 rings (SSSR count). The predicted molar refractivity (Wildman–Crippen MR) is 115 cm³/mol. The first-order valence-corrected chi connectivity index (χ1v) is 9.70. The summed E-state index contributed by atoms with van der Waals surface area (Å²) in [7, 11) is 0. The monoisotopic (exact) mass is 453 g/mol. The number of aliphatic hydroxyl groups excluding tert-OH is 1. The van der Waals surface area contributed by atoms with Gasteiger partial charge in [-0.15, -0.1) is 17.0 Å². The maximum atomic E-state index is 12.8. The van der Waals surface area contributed by atoms with E-state index >= 15 is 0 Å². The Hall–Kier alpha value is -1.08. The summed E-state index contributed by atoms with van der Waals surface area (Å²) in [6, 6.07) is 6.24. The van der Waals surface area contributed by atoms with Crippen LogP contribution >= 0.6 is 28.7 Å². The molecule has 0 amide bonds. The summed E-state index contributed by atoms with van der Waals surface area (Å²) in [4.78, 5) is 15.0. The molecule has 148 valence electrons. The number of hydrogen-bond acceptors (Lipinski definition) is 5. The molecule has 0 spiro atoms. The van der Waals surface area contributed by atoms with Gasteiger partial charge in [-0.25, -0.2) is 0 Å². The van der Waals surface area contributed by atoms with Crippen LogP contribution in [0.4, 0.5) is 0 Å². The highest BCUT2D eigenvalue weighted by Crippen LogP contribution is 2.47. The number of ketones is 1. The van der Waals surface area contributed by atoms with Crippen molar-refractivity contribution in [3.05, 3.63) is 51.1 Å². The molecule has 0 aromatic heterocycles. The number of Topliss-reactive ketones (excluding diaryl/α,β-unsaturated/α-hetero) is 1. The van der Waals surface area contributed by atoms with Crippen LogP contribution in [-0.2, 0) is 16.0 Å². The van der Waals surface area contributed by atoms with Crippen molar-refractivity contribution in [2.45, 2.75) is 58.1 Å². The molecule has 0 saturated heterocycles. The number of ether oxygens (including phenoxy) is 1. The Morgan fingerprint density at radius 3 is 2.52 bits per heavy atom. The zero-order chi connectivity index (χ0) is 19.3. The van der Waals surface area contributed by atoms with Crippen molar-refractivity contribution in [3.8, 4) is 0 Å². The number of carbonyl (C=O) groups is 1. The molecule has 3 N–H and O–H groups in total. The molecular weight excluding hydrogens is 426 g/mol. The van der Waals surface area contributed by atoms with Gasteiger partial charge >= 0.3 is 0 Å². The maximum absolute atomic E-state index is 12.8. The second-order valence-electron chi connectivity index (χ2n) is 8.05. The van der Waals surface area contributed by atoms with Gasteiger partial charge in [0.2, 0.25) is 0 Å². The van der Waals surface area contributed by atoms with E-state index in [1.165, 1.54) is 16.0 Å². The van der Waals surface area contributed by atoms with Crippen molar-refractivity contribution in [1.29, 1.82) is 0 Å². The smallest absolute Gasteiger partial charge is 0.167 e. The van der Waals surface area contributed by atoms with E-state index in [0.717, 1.165) is 16.1 Å². The molecule has 6 heteroatoms. The molecule has 1 aliphatic carbocycles. The maximum Gasteiger partial charge on any atom is 0.167 e. The zero-order valence-corrected chi connectivity index (χ0v) is 19.0. The number of benzene rings is 1. The summed E-state index contributed by atoms with van der Waals surface area (Å²) in [5, 5.41) is 9.65. The molecule has 4 nitrogen and oxygen atoms in total. The Bertz CT molecular complexity index is 840. The second kappa shape index (κ2) is 7.74. The topological polar surface area (TPSA) is 72.6 Å². The SMILES string of the molecule is Br.CC1=C(OC(C)(N)C(C)(C)CO)CC(=O)C2=C1Sc1c(C)cccc1C2. The molecule has 0 saturated carbocycles. The van der Waals surface area contributed by atoms with E-state index in [4.69, 9.17) is 10.5 Å². The number of nitrogens with two attached hydrogens (primary N) is 1. The first kappa shape index (κ1) is 22.2. The van der Waals surface area contributed by atoms with E-state index in [-0.39, 0.29) is 35.8 Å². The van der Waals surface area contributed by atoms with Crippen LogP contribution in [0, 0.1) is 12.3 Å². The minimum Gasteiger partial charge on any atom is -0.476 e. The van der Waals surface area contributed by atoms with Crippen molar-refractivity contribution in [3.63, 3.8) is 0 Å². The van der Waals surface area contributed by atoms with Crippen LogP contribution in [0.2, 0.25) is 0 Å². The van der Waals surface area contributed by atoms with Crippen LogP contribution in [-0.4, -0.2) is 23.2 Å². The number of halogens is 1. The molecule has 0 fully saturated rings. The lowest BCUT2D eigenvalue weighted by Gasteiger charge is -2.41. The summed E-state index contributed by atoms with van der Waals surface area (Å²) in [5.41, 5.74) is 8.93. The Morgan fingerprint density at radius 2 is 1.89 bits per heavy atom. The number of carbonyl (C=O) groups excluding carboxylic acids is 1. The van der Waals surface area contributed by atoms with Gasteiger partial charge in [0.15, 0.2) is 11.5 Å². The van der Waals surface area contributed by atoms with Crippen LogP contribution < -0.4 is 5.73 Å². The number of fused-ring (bicyclic) bond motifs is 1. The molecular formula is C21H28BrNO3S. The third-order valence-electron chi connectivity index (χ3n) is 5.63. The lowest BCUT2D eigenvalue weighted by Crippen LogP contribution is -2.54. The summed E-state index contributed by atoms with van der Waals surface area (Å²) in [6.45, 7) is 9.45. The number of aryl methyl sites for hydroxylation is 1. The van der Waals surface area contributed by atoms with Crippen LogP contribution in [0.15, 0.2) is 44.9 Å². The highest BCUT2D eigenvalue weighted by atomic mass is 79.9. The lowest BCUT2D eigenvalue weighted by atomic mass is 9.83. The average molecular weight is 454 g/mol. The van der Waals surface area contributed by atoms with Crippen molar-refractivity contribution in [2.75, 3.05) is 6.61 Å². The third-order valence-corrected chi connectivity index (χ3v) is 7.17. The quantitative estimate of drug-likeness (QED) is 0.659. The fraction of sp³-hybridized carbons (Fsp3) is 0.476. The van der Waals surface area contributed by atoms with E-state index in [1.807, 2.05) is 26.8 Å². The highest BCUT2D eigenvalue weighted by molar-refractivity contribution is 8.93. The van der Waals surface area contributed by atoms with E-state index < -0.39 is 11.1 Å². The molecule has 1 aromatic rings. The molecule has 2 aliphatic rings. The van der Waals surface area contributed by atoms with Crippen molar-refractivity contribution in [2.24, 2.45) is 11.1 Å². The lowest BCUT2D eigenvalue weighted by molar-refractivity contribution is -0.120. The van der Waals surface area contributed by atoms with Crippen LogP contribution in [0.5, 0.6) is 0 Å². The summed E-state index contributed by atoms with van der Waals surface area (Å²) < 4.78 is 6.11. The van der Waals surface area contributed by atoms with Gasteiger partial charge in [0.05, 0.1) is 13.0 Å². The molecule has 0 radical (unpaired) electrons. The minimum absolute atomic E-state index is 0. The molecule has 1 aromatic carbocycles. The van der Waals surface area contributed by atoms with Crippen molar-refractivity contribution >= 4 is 34.5 Å². The van der Waals surface area contributed by atoms with Crippen LogP contribution in [0.3, 0.4) is 0 Å². The minimum atomic E-state index is -1.08. The largest absolute Gasteiger partial charge is 0.476 e. The fourth-order valence-corrected chi connectivity index (χ4v) is 4.42. The second-order valence-corrected chi connectivity index (χ2v) is 9.07. The van der Waals surface area contributed by atoms with E-state index in [0.29, 0.717) is 12.2 Å². The Morgan fingerprint density at radius 1 is 1.22 bits per heavy atom. The highest BCUT2D eigenvalue weighted by Gasteiger charge is 2.42. The van der Waals surface area contributed by atoms with Gasteiger partial charge in [-0.05, 0) is 31.9 Å². The number of thioether (sulfide) groups is 1. The van der Waals surface area contributed by atoms with Crippen molar-refractivity contribution < 1.29 is 14.6 Å². The first-order chi connectivity index (χ1) is 12.1. The first-order valence-electron chi connectivity index (χ1n) is 8.89. The zero-order valence-electron chi connectivity index (χ0n) is 16.5. The standard InChI is InChI=1S/C21H27NO3S.BrH/c1-12-7-6-8-14-9-15-16(24)10-17(13(2)19(15)26-18(12)14)25-21(5,22)20(3,4)11-23;/h6-8,23H,9-11,22H2,1-5H3;1H. The number of hydrogen-bond donors (Lipinski definition) is 2. The van der Waals surface area contributed by atoms with Gasteiger partial charge < -0.3 is 9.84 Å². The Balaban J connectivity index is 0.00000261. The van der Waals surface area contributed by atoms with E-state index in [9.17, 15) is 9.90 Å². The van der Waals surface area contributed by atoms with E-state index in [1.54, 1.807) is 18.7 Å². The summed E-state index contributed by atoms with van der Waals surface area (Å²) in [5.74, 6) is 0.711. The van der Waals surface area contributed by atoms with Gasteiger partial charge in [-0.2, -0.15) is 0 Å². The van der Waals surface area contributed by atoms with Crippen LogP contribution in [0.1, 0.15) is 45.2 Å². The molecule has 1 unspecified atom stereocenters. The molecule has 0 bridgehead atoms. The molecule has 1 aliphatic heterocycles. The Kier molecular flexibility index (Phi) is 6.37. The summed E-state index contributed by atoms with van der Waals surface area (Å²) >= 11 is 1.65. The van der Waals surface area contributed by atoms with Gasteiger partial charge in [0.25, 0.3) is 0 Å². The van der Waals surface area contributed by atoms with Crippen molar-refractivity contribution in [1.82, 2.24) is 0 Å². The molecule has 1 heterocycles. The van der Waals surface area contributed by atoms with Crippen LogP contribution in [0.25, 0.3) is 0 Å². The number of rotatable bonds is 4. The van der Waals surface area contributed by atoms with Gasteiger partial charge in [0, 0.05) is 32.8 Å². The Labute approximate surface area is 176 Å². The predicted octanol–water partition coefficient (Wildman–Crippen LogP) is 4.43. The molecule has 27 heavy (non-hydrogen) atoms. The van der Waals surface area contributed by atoms with Gasteiger partial charge in [0.1, 0.15) is 5.76 Å². The van der Waals surface area contributed by atoms with Gasteiger partial charge in [-0.3, -0.25) is 10.5 Å².